The summed E-state index contributed by atoms with van der Waals surface area (Å²) in [7, 11) is 0. The summed E-state index contributed by atoms with van der Waals surface area (Å²) in [6.07, 6.45) is -2.10. The monoisotopic (exact) mass is 590 g/mol. The maximum atomic E-state index is 13.0. The highest BCUT2D eigenvalue weighted by atomic mass is 16.8. The number of ether oxygens (including phenoxy) is 5. The third kappa shape index (κ3) is 7.80. The van der Waals surface area contributed by atoms with Gasteiger partial charge in [0, 0.05) is 24.9 Å². The molecule has 0 bridgehead atoms. The zero-order chi connectivity index (χ0) is 30.2. The molecular formula is C31H34N4O8. The highest BCUT2D eigenvalue weighted by molar-refractivity contribution is 5.95. The molecule has 0 radical (unpaired) electrons. The van der Waals surface area contributed by atoms with Crippen LogP contribution < -0.4 is 16.2 Å². The van der Waals surface area contributed by atoms with E-state index < -0.39 is 54.9 Å². The van der Waals surface area contributed by atoms with Crippen molar-refractivity contribution in [3.63, 3.8) is 0 Å². The predicted molar refractivity (Wildman–Crippen MR) is 152 cm³/mol. The van der Waals surface area contributed by atoms with E-state index in [9.17, 15) is 14.4 Å². The Hall–Kier alpha value is -4.20. The number of amides is 3. The Labute approximate surface area is 249 Å². The third-order valence-electron chi connectivity index (χ3n) is 6.99. The van der Waals surface area contributed by atoms with E-state index in [1.54, 1.807) is 12.1 Å². The minimum absolute atomic E-state index is 0.157. The van der Waals surface area contributed by atoms with Crippen LogP contribution in [0.5, 0.6) is 0 Å². The van der Waals surface area contributed by atoms with Crippen molar-refractivity contribution < 1.29 is 38.1 Å². The molecule has 0 aliphatic carbocycles. The second-order valence-corrected chi connectivity index (χ2v) is 10.2. The van der Waals surface area contributed by atoms with Crippen molar-refractivity contribution >= 4 is 17.7 Å². The first-order valence-electron chi connectivity index (χ1n) is 13.9. The number of carbonyl (C=O) groups excluding carboxylic acids is 3. The van der Waals surface area contributed by atoms with Crippen LogP contribution in [0.25, 0.3) is 0 Å². The van der Waals surface area contributed by atoms with Crippen LogP contribution in [-0.2, 0) is 39.9 Å². The number of benzene rings is 2. The fourth-order valence-corrected chi connectivity index (χ4v) is 4.88. The lowest BCUT2D eigenvalue weighted by atomic mass is 9.95. The molecule has 43 heavy (non-hydrogen) atoms. The molecule has 5 rings (SSSR count). The molecule has 2 aliphatic rings. The fourth-order valence-electron chi connectivity index (χ4n) is 4.88. The number of nitrogens with zero attached hydrogens (tertiary/aromatic N) is 1. The van der Waals surface area contributed by atoms with Crippen LogP contribution in [0.2, 0.25) is 0 Å². The van der Waals surface area contributed by atoms with Crippen molar-refractivity contribution in [1.82, 2.24) is 21.2 Å². The van der Waals surface area contributed by atoms with Gasteiger partial charge in [0.25, 0.3) is 11.8 Å². The lowest BCUT2D eigenvalue weighted by Crippen LogP contribution is -2.68. The molecule has 2 fully saturated rings. The van der Waals surface area contributed by atoms with Gasteiger partial charge < -0.3 is 29.0 Å². The van der Waals surface area contributed by atoms with Gasteiger partial charge in [0.1, 0.15) is 30.5 Å². The lowest BCUT2D eigenvalue weighted by molar-refractivity contribution is -0.351. The van der Waals surface area contributed by atoms with E-state index in [1.807, 2.05) is 60.7 Å². The third-order valence-corrected chi connectivity index (χ3v) is 6.99. The van der Waals surface area contributed by atoms with Crippen LogP contribution in [0, 0.1) is 0 Å². The van der Waals surface area contributed by atoms with Crippen molar-refractivity contribution in [2.45, 2.75) is 63.5 Å². The molecule has 1 unspecified atom stereocenters. The summed E-state index contributed by atoms with van der Waals surface area (Å²) in [6, 6.07) is 21.2. The number of carbonyl (C=O) groups is 3. The Balaban J connectivity index is 1.35. The first-order valence-corrected chi connectivity index (χ1v) is 13.9. The van der Waals surface area contributed by atoms with Gasteiger partial charge in [-0.1, -0.05) is 60.7 Å². The van der Waals surface area contributed by atoms with Gasteiger partial charge in [-0.2, -0.15) is 0 Å². The number of pyridine rings is 1. The summed E-state index contributed by atoms with van der Waals surface area (Å²) in [5.41, 5.74) is 6.72. The van der Waals surface area contributed by atoms with Gasteiger partial charge in [0.2, 0.25) is 5.91 Å². The molecule has 3 amide bonds. The van der Waals surface area contributed by atoms with Crippen molar-refractivity contribution in [2.75, 3.05) is 6.61 Å². The molecule has 7 atom stereocenters. The molecular weight excluding hydrogens is 556 g/mol. The molecule has 2 aromatic carbocycles. The number of hydrazine groups is 1. The summed E-state index contributed by atoms with van der Waals surface area (Å²) in [5.74, 6) is -1.50. The number of nitrogens with one attached hydrogen (secondary N) is 3. The van der Waals surface area contributed by atoms with Crippen molar-refractivity contribution in [2.24, 2.45) is 0 Å². The molecule has 12 nitrogen and oxygen atoms in total. The number of hydrogen-bond acceptors (Lipinski definition) is 9. The number of rotatable bonds is 9. The van der Waals surface area contributed by atoms with Crippen molar-refractivity contribution in [3.8, 4) is 0 Å². The van der Waals surface area contributed by atoms with Gasteiger partial charge in [-0.05, 0) is 24.6 Å². The maximum absolute atomic E-state index is 13.0. The summed E-state index contributed by atoms with van der Waals surface area (Å²) in [4.78, 5) is 41.7. The first-order chi connectivity index (χ1) is 20.9. The van der Waals surface area contributed by atoms with E-state index in [2.05, 4.69) is 21.2 Å². The van der Waals surface area contributed by atoms with Crippen LogP contribution in [-0.4, -0.2) is 66.1 Å². The lowest BCUT2D eigenvalue weighted by Gasteiger charge is -2.49. The van der Waals surface area contributed by atoms with Crippen LogP contribution in [0.1, 0.15) is 41.6 Å². The molecule has 3 heterocycles. The largest absolute Gasteiger partial charge is 0.360 e. The average Bonchev–Trinajstić information content (AvgIpc) is 3.04. The fraction of sp³-hybridized carbons (Fsp3) is 0.355. The molecule has 2 saturated heterocycles. The first kappa shape index (κ1) is 30.3. The van der Waals surface area contributed by atoms with Crippen LogP contribution in [0.4, 0.5) is 0 Å². The Bertz CT molecular complexity index is 1360. The van der Waals surface area contributed by atoms with E-state index in [4.69, 9.17) is 23.7 Å². The molecule has 3 aromatic rings. The molecule has 226 valence electrons. The minimum Gasteiger partial charge on any atom is -0.360 e. The van der Waals surface area contributed by atoms with Gasteiger partial charge in [0.15, 0.2) is 12.6 Å². The second kappa shape index (κ2) is 14.3. The van der Waals surface area contributed by atoms with Gasteiger partial charge >= 0.3 is 0 Å². The Kier molecular flexibility index (Phi) is 10.1. The van der Waals surface area contributed by atoms with Gasteiger partial charge in [-0.3, -0.25) is 30.2 Å². The van der Waals surface area contributed by atoms with Crippen LogP contribution in [0.15, 0.2) is 85.2 Å². The van der Waals surface area contributed by atoms with E-state index >= 15 is 0 Å². The number of hydrogen-bond donors (Lipinski definition) is 3. The van der Waals surface area contributed by atoms with Crippen LogP contribution in [0.3, 0.4) is 0 Å². The SMILES string of the molecule is CC(=O)N[C@H]1[C@@H](OCc2ccccc2)O[C@@H]2CO[C@H](c3ccccc3)O[C@H]2[C@@H]1OC(C)C(=O)NNC(=O)c1cccnc1. The number of fused-ring (bicyclic) bond motifs is 1. The summed E-state index contributed by atoms with van der Waals surface area (Å²) in [6.45, 7) is 3.27. The smallest absolute Gasteiger partial charge is 0.271 e. The van der Waals surface area contributed by atoms with Crippen molar-refractivity contribution in [3.05, 3.63) is 102 Å². The van der Waals surface area contributed by atoms with E-state index in [-0.39, 0.29) is 24.7 Å². The second-order valence-electron chi connectivity index (χ2n) is 10.2. The van der Waals surface area contributed by atoms with E-state index in [1.165, 1.54) is 26.2 Å². The Morgan fingerprint density at radius 3 is 2.42 bits per heavy atom. The summed E-state index contributed by atoms with van der Waals surface area (Å²) < 4.78 is 31.1. The van der Waals surface area contributed by atoms with Gasteiger partial charge in [-0.25, -0.2) is 0 Å². The molecule has 2 aliphatic heterocycles. The van der Waals surface area contributed by atoms with Crippen LogP contribution >= 0.6 is 0 Å². The quantitative estimate of drug-likeness (QED) is 0.319. The van der Waals surface area contributed by atoms with E-state index in [0.717, 1.165) is 11.1 Å². The van der Waals surface area contributed by atoms with Gasteiger partial charge in [-0.15, -0.1) is 0 Å². The van der Waals surface area contributed by atoms with Crippen molar-refractivity contribution in [1.29, 1.82) is 0 Å². The molecule has 1 aromatic heterocycles. The summed E-state index contributed by atoms with van der Waals surface area (Å²) in [5, 5.41) is 2.88. The van der Waals surface area contributed by atoms with Gasteiger partial charge in [0.05, 0.1) is 18.8 Å². The average molecular weight is 591 g/mol. The maximum Gasteiger partial charge on any atom is 0.271 e. The predicted octanol–water partition coefficient (Wildman–Crippen LogP) is 2.18. The van der Waals surface area contributed by atoms with E-state index in [0.29, 0.717) is 0 Å². The molecule has 12 heteroatoms. The Morgan fingerprint density at radius 1 is 0.977 bits per heavy atom. The zero-order valence-corrected chi connectivity index (χ0v) is 23.8. The summed E-state index contributed by atoms with van der Waals surface area (Å²) >= 11 is 0. The molecule has 0 saturated carbocycles. The Morgan fingerprint density at radius 2 is 1.72 bits per heavy atom. The normalized spacial score (nSPS) is 25.5. The molecule has 3 N–H and O–H groups in total. The number of aromatic nitrogens is 1. The minimum atomic E-state index is -1.08. The zero-order valence-electron chi connectivity index (χ0n) is 23.8. The highest BCUT2D eigenvalue weighted by Crippen LogP contribution is 2.36. The highest BCUT2D eigenvalue weighted by Gasteiger charge is 2.52. The topological polar surface area (TPSA) is 146 Å². The molecule has 0 spiro atoms. The standard InChI is InChI=1S/C31H34N4O8/c1-19(28(37)34-35-29(38)23-14-9-15-32-16-23)41-27-25(33-20(2)36)31(39-17-21-10-5-3-6-11-21)42-24-18-40-30(43-26(24)27)22-12-7-4-8-13-22/h3-16,19,24-27,30-31H,17-18H2,1-2H3,(H,33,36)(H,34,37)(H,35,38)/t19?,24-,25-,26-,27-,30+,31+/m1/s1.